The van der Waals surface area contributed by atoms with Crippen molar-refractivity contribution in [3.63, 3.8) is 0 Å². The fourth-order valence-electron chi connectivity index (χ4n) is 0.942. The van der Waals surface area contributed by atoms with Gasteiger partial charge in [-0.2, -0.15) is 0 Å². The maximum Gasteiger partial charge on any atom is 0.229 e. The van der Waals surface area contributed by atoms with Gasteiger partial charge >= 0.3 is 0 Å². The molecule has 0 aromatic carbocycles. The van der Waals surface area contributed by atoms with Crippen LogP contribution in [0.3, 0.4) is 0 Å². The Hall–Kier alpha value is -1.38. The summed E-state index contributed by atoms with van der Waals surface area (Å²) in [5, 5.41) is 2.82. The zero-order valence-electron chi connectivity index (χ0n) is 9.09. The van der Waals surface area contributed by atoms with Crippen molar-refractivity contribution in [3.8, 4) is 0 Å². The van der Waals surface area contributed by atoms with Crippen LogP contribution in [-0.2, 0) is 4.79 Å². The maximum absolute atomic E-state index is 11.6. The molecule has 0 bridgehead atoms. The number of hydrogen-bond acceptors (Lipinski definition) is 2. The number of amides is 1. The molecule has 1 aromatic rings. The Morgan fingerprint density at radius 1 is 1.36 bits per heavy atom. The van der Waals surface area contributed by atoms with E-state index < -0.39 is 0 Å². The summed E-state index contributed by atoms with van der Waals surface area (Å²) in [5.74, 6) is 0.00454. The van der Waals surface area contributed by atoms with E-state index in [2.05, 4.69) is 10.3 Å². The molecule has 0 radical (unpaired) electrons. The fraction of sp³-hybridized carbons (Fsp3) is 0.455. The molecule has 1 heterocycles. The van der Waals surface area contributed by atoms with Crippen molar-refractivity contribution in [1.29, 1.82) is 0 Å². The molecular weight excluding hydrogens is 176 g/mol. The molecule has 1 rings (SSSR count). The number of anilines is 1. The first-order valence-corrected chi connectivity index (χ1v) is 4.63. The minimum Gasteiger partial charge on any atom is -0.324 e. The molecule has 1 N–H and O–H groups in total. The lowest BCUT2D eigenvalue weighted by Gasteiger charge is -2.17. The molecule has 0 aliphatic rings. The molecule has 1 aromatic heterocycles. The van der Waals surface area contributed by atoms with Crippen molar-refractivity contribution in [1.82, 2.24) is 4.98 Å². The third-order valence-electron chi connectivity index (χ3n) is 1.81. The van der Waals surface area contributed by atoms with E-state index in [0.717, 1.165) is 11.3 Å². The van der Waals surface area contributed by atoms with E-state index in [1.807, 2.05) is 33.8 Å². The highest BCUT2D eigenvalue weighted by atomic mass is 16.2. The van der Waals surface area contributed by atoms with Crippen LogP contribution in [0, 0.1) is 12.3 Å². The van der Waals surface area contributed by atoms with Gasteiger partial charge in [0.05, 0.1) is 11.9 Å². The van der Waals surface area contributed by atoms with Gasteiger partial charge in [-0.25, -0.2) is 0 Å². The Kier molecular flexibility index (Phi) is 2.89. The molecule has 0 saturated carbocycles. The van der Waals surface area contributed by atoms with E-state index in [4.69, 9.17) is 0 Å². The van der Waals surface area contributed by atoms with Gasteiger partial charge < -0.3 is 5.32 Å². The van der Waals surface area contributed by atoms with Gasteiger partial charge in [0, 0.05) is 11.6 Å². The number of hydrogen-bond donors (Lipinski definition) is 1. The maximum atomic E-state index is 11.6. The summed E-state index contributed by atoms with van der Waals surface area (Å²) in [6.07, 6.45) is 3.41. The van der Waals surface area contributed by atoms with Crippen LogP contribution >= 0.6 is 0 Å². The number of pyridine rings is 1. The lowest BCUT2D eigenvalue weighted by molar-refractivity contribution is -0.123. The molecule has 0 unspecified atom stereocenters. The lowest BCUT2D eigenvalue weighted by atomic mass is 9.95. The molecular formula is C11H16N2O. The van der Waals surface area contributed by atoms with Gasteiger partial charge in [-0.05, 0) is 18.6 Å². The van der Waals surface area contributed by atoms with Crippen molar-refractivity contribution in [2.45, 2.75) is 27.7 Å². The standard InChI is InChI=1S/C11H16N2O/c1-8-5-9(7-12-6-8)13-10(14)11(2,3)4/h5-7H,1-4H3,(H,13,14). The Morgan fingerprint density at radius 3 is 2.50 bits per heavy atom. The number of aryl methyl sites for hydroxylation is 1. The first-order chi connectivity index (χ1) is 6.39. The summed E-state index contributed by atoms with van der Waals surface area (Å²) >= 11 is 0. The van der Waals surface area contributed by atoms with E-state index in [-0.39, 0.29) is 11.3 Å². The number of carbonyl (C=O) groups is 1. The predicted molar refractivity (Wildman–Crippen MR) is 57.1 cm³/mol. The highest BCUT2D eigenvalue weighted by Gasteiger charge is 2.20. The normalized spacial score (nSPS) is 11.1. The summed E-state index contributed by atoms with van der Waals surface area (Å²) in [4.78, 5) is 15.6. The quantitative estimate of drug-likeness (QED) is 0.742. The van der Waals surface area contributed by atoms with Gasteiger partial charge in [-0.3, -0.25) is 9.78 Å². The summed E-state index contributed by atoms with van der Waals surface area (Å²) in [5.41, 5.74) is 1.42. The van der Waals surface area contributed by atoms with Crippen LogP contribution in [0.1, 0.15) is 26.3 Å². The third kappa shape index (κ3) is 2.83. The Balaban J connectivity index is 2.75. The number of nitrogens with zero attached hydrogens (tertiary/aromatic N) is 1. The van der Waals surface area contributed by atoms with E-state index in [0.29, 0.717) is 0 Å². The van der Waals surface area contributed by atoms with E-state index in [9.17, 15) is 4.79 Å². The second-order valence-electron chi connectivity index (χ2n) is 4.46. The van der Waals surface area contributed by atoms with Gasteiger partial charge in [-0.15, -0.1) is 0 Å². The van der Waals surface area contributed by atoms with Crippen LogP contribution < -0.4 is 5.32 Å². The van der Waals surface area contributed by atoms with Crippen LogP contribution in [-0.4, -0.2) is 10.9 Å². The molecule has 0 aliphatic heterocycles. The Bertz CT molecular complexity index is 339. The number of aromatic nitrogens is 1. The van der Waals surface area contributed by atoms with E-state index in [1.165, 1.54) is 0 Å². The van der Waals surface area contributed by atoms with Gasteiger partial charge in [0.2, 0.25) is 5.91 Å². The van der Waals surface area contributed by atoms with E-state index >= 15 is 0 Å². The summed E-state index contributed by atoms with van der Waals surface area (Å²) in [7, 11) is 0. The molecule has 0 aliphatic carbocycles. The average molecular weight is 192 g/mol. The second kappa shape index (κ2) is 3.78. The highest BCUT2D eigenvalue weighted by molar-refractivity contribution is 5.94. The van der Waals surface area contributed by atoms with Crippen LogP contribution in [0.4, 0.5) is 5.69 Å². The van der Waals surface area contributed by atoms with Crippen molar-refractivity contribution in [2.75, 3.05) is 5.32 Å². The molecule has 76 valence electrons. The zero-order valence-corrected chi connectivity index (χ0v) is 9.09. The Morgan fingerprint density at radius 2 is 2.00 bits per heavy atom. The summed E-state index contributed by atoms with van der Waals surface area (Å²) in [6, 6.07) is 1.90. The number of rotatable bonds is 1. The number of carbonyl (C=O) groups excluding carboxylic acids is 1. The first-order valence-electron chi connectivity index (χ1n) is 4.63. The summed E-state index contributed by atoms with van der Waals surface area (Å²) in [6.45, 7) is 7.59. The molecule has 0 saturated heterocycles. The van der Waals surface area contributed by atoms with Crippen LogP contribution in [0.2, 0.25) is 0 Å². The summed E-state index contributed by atoms with van der Waals surface area (Å²) < 4.78 is 0. The molecule has 3 heteroatoms. The second-order valence-corrected chi connectivity index (χ2v) is 4.46. The van der Waals surface area contributed by atoms with E-state index in [1.54, 1.807) is 12.4 Å². The fourth-order valence-corrected chi connectivity index (χ4v) is 0.942. The largest absolute Gasteiger partial charge is 0.324 e. The zero-order chi connectivity index (χ0) is 10.8. The predicted octanol–water partition coefficient (Wildman–Crippen LogP) is 2.37. The molecule has 0 atom stereocenters. The van der Waals surface area contributed by atoms with Crippen LogP contribution in [0.25, 0.3) is 0 Å². The molecule has 14 heavy (non-hydrogen) atoms. The molecule has 1 amide bonds. The number of nitrogens with one attached hydrogen (secondary N) is 1. The van der Waals surface area contributed by atoms with Gasteiger partial charge in [0.1, 0.15) is 0 Å². The van der Waals surface area contributed by atoms with Crippen LogP contribution in [0.5, 0.6) is 0 Å². The van der Waals surface area contributed by atoms with Crippen molar-refractivity contribution < 1.29 is 4.79 Å². The smallest absolute Gasteiger partial charge is 0.229 e. The first kappa shape index (κ1) is 10.7. The molecule has 0 spiro atoms. The van der Waals surface area contributed by atoms with Crippen molar-refractivity contribution in [2.24, 2.45) is 5.41 Å². The third-order valence-corrected chi connectivity index (χ3v) is 1.81. The van der Waals surface area contributed by atoms with Crippen molar-refractivity contribution >= 4 is 11.6 Å². The SMILES string of the molecule is Cc1cncc(NC(=O)C(C)(C)C)c1. The van der Waals surface area contributed by atoms with Crippen LogP contribution in [0.15, 0.2) is 18.5 Å². The minimum absolute atomic E-state index is 0.00454. The Labute approximate surface area is 84.6 Å². The average Bonchev–Trinajstić information content (AvgIpc) is 2.02. The van der Waals surface area contributed by atoms with Crippen molar-refractivity contribution in [3.05, 3.63) is 24.0 Å². The minimum atomic E-state index is -0.371. The van der Waals surface area contributed by atoms with Gasteiger partial charge in [0.15, 0.2) is 0 Å². The highest BCUT2D eigenvalue weighted by Crippen LogP contribution is 2.17. The topological polar surface area (TPSA) is 42.0 Å². The van der Waals surface area contributed by atoms with Gasteiger partial charge in [0.25, 0.3) is 0 Å². The lowest BCUT2D eigenvalue weighted by Crippen LogP contribution is -2.27. The van der Waals surface area contributed by atoms with Gasteiger partial charge in [-0.1, -0.05) is 20.8 Å². The monoisotopic (exact) mass is 192 g/mol. The molecule has 3 nitrogen and oxygen atoms in total. The molecule has 0 fully saturated rings.